The molecule has 1 atom stereocenters. The molecule has 5 N–H and O–H groups in total. The molecule has 0 aliphatic rings. The molecule has 0 saturated carbocycles. The van der Waals surface area contributed by atoms with Gasteiger partial charge in [-0.3, -0.25) is 10.1 Å². The van der Waals surface area contributed by atoms with Crippen LogP contribution in [-0.2, 0) is 4.79 Å². The van der Waals surface area contributed by atoms with Gasteiger partial charge >= 0.3 is 6.03 Å². The van der Waals surface area contributed by atoms with Crippen LogP contribution in [0.25, 0.3) is 0 Å². The summed E-state index contributed by atoms with van der Waals surface area (Å²) in [6, 6.07) is -0.820. The molecular weight excluding hydrogens is 146 g/mol. The van der Waals surface area contributed by atoms with Gasteiger partial charge in [0.1, 0.15) is 0 Å². The SMILES string of the molecule is CC(CN)CC(=O)NC(N)=O. The second-order valence-corrected chi connectivity index (χ2v) is 2.46. The zero-order chi connectivity index (χ0) is 8.85. The summed E-state index contributed by atoms with van der Waals surface area (Å²) in [5.74, 6) is -0.301. The highest BCUT2D eigenvalue weighted by Crippen LogP contribution is 1.97. The van der Waals surface area contributed by atoms with Crippen LogP contribution in [0.2, 0.25) is 0 Å². The van der Waals surface area contributed by atoms with Crippen molar-refractivity contribution in [2.45, 2.75) is 13.3 Å². The molecule has 64 valence electrons. The smallest absolute Gasteiger partial charge is 0.318 e. The molecule has 0 aliphatic carbocycles. The number of hydrogen-bond acceptors (Lipinski definition) is 3. The van der Waals surface area contributed by atoms with Gasteiger partial charge in [-0.1, -0.05) is 6.92 Å². The minimum absolute atomic E-state index is 0.0781. The molecule has 0 aliphatic heterocycles. The number of hydrogen-bond donors (Lipinski definition) is 3. The van der Waals surface area contributed by atoms with E-state index in [1.165, 1.54) is 0 Å². The third kappa shape index (κ3) is 5.35. The third-order valence-electron chi connectivity index (χ3n) is 1.20. The van der Waals surface area contributed by atoms with Crippen LogP contribution in [-0.4, -0.2) is 18.5 Å². The molecular formula is C6H13N3O2. The summed E-state index contributed by atoms with van der Waals surface area (Å²) in [5, 5.41) is 1.95. The largest absolute Gasteiger partial charge is 0.351 e. The van der Waals surface area contributed by atoms with Crippen LogP contribution in [0.1, 0.15) is 13.3 Å². The van der Waals surface area contributed by atoms with E-state index in [1.807, 2.05) is 12.2 Å². The molecule has 5 heteroatoms. The first kappa shape index (κ1) is 9.90. The molecule has 0 spiro atoms. The monoisotopic (exact) mass is 159 g/mol. The van der Waals surface area contributed by atoms with Crippen molar-refractivity contribution in [2.75, 3.05) is 6.54 Å². The van der Waals surface area contributed by atoms with Crippen LogP contribution in [0.5, 0.6) is 0 Å². The minimum Gasteiger partial charge on any atom is -0.351 e. The Morgan fingerprint density at radius 3 is 2.45 bits per heavy atom. The molecule has 0 heterocycles. The van der Waals surface area contributed by atoms with E-state index in [1.54, 1.807) is 0 Å². The fraction of sp³-hybridized carbons (Fsp3) is 0.667. The predicted octanol–water partition coefficient (Wildman–Crippen LogP) is -0.834. The van der Waals surface area contributed by atoms with E-state index in [-0.39, 0.29) is 18.2 Å². The summed E-state index contributed by atoms with van der Waals surface area (Å²) in [6.07, 6.45) is 0.236. The van der Waals surface area contributed by atoms with Crippen LogP contribution in [0.15, 0.2) is 0 Å². The number of amides is 3. The first-order valence-electron chi connectivity index (χ1n) is 3.35. The number of urea groups is 1. The van der Waals surface area contributed by atoms with Crippen molar-refractivity contribution in [3.63, 3.8) is 0 Å². The Morgan fingerprint density at radius 1 is 1.55 bits per heavy atom. The van der Waals surface area contributed by atoms with E-state index in [0.717, 1.165) is 0 Å². The zero-order valence-electron chi connectivity index (χ0n) is 6.46. The van der Waals surface area contributed by atoms with Crippen molar-refractivity contribution in [3.8, 4) is 0 Å². The van der Waals surface area contributed by atoms with Crippen molar-refractivity contribution in [3.05, 3.63) is 0 Å². The molecule has 5 nitrogen and oxygen atoms in total. The van der Waals surface area contributed by atoms with Crippen molar-refractivity contribution < 1.29 is 9.59 Å². The highest BCUT2D eigenvalue weighted by molar-refractivity contribution is 5.93. The van der Waals surface area contributed by atoms with Gasteiger partial charge in [0.2, 0.25) is 5.91 Å². The van der Waals surface area contributed by atoms with Gasteiger partial charge in [0.05, 0.1) is 0 Å². The highest BCUT2D eigenvalue weighted by Gasteiger charge is 2.08. The summed E-state index contributed by atoms with van der Waals surface area (Å²) in [7, 11) is 0. The van der Waals surface area contributed by atoms with E-state index in [0.29, 0.717) is 6.54 Å². The molecule has 0 rings (SSSR count). The number of nitrogens with one attached hydrogen (secondary N) is 1. The molecule has 0 saturated heterocycles. The summed E-state index contributed by atoms with van der Waals surface area (Å²) >= 11 is 0. The Bertz CT molecular complexity index is 158. The van der Waals surface area contributed by atoms with E-state index in [4.69, 9.17) is 11.5 Å². The molecule has 0 aromatic carbocycles. The maximum Gasteiger partial charge on any atom is 0.318 e. The van der Waals surface area contributed by atoms with Gasteiger partial charge < -0.3 is 11.5 Å². The minimum atomic E-state index is -0.820. The number of imide groups is 1. The lowest BCUT2D eigenvalue weighted by Gasteiger charge is -2.05. The number of rotatable bonds is 3. The van der Waals surface area contributed by atoms with Gasteiger partial charge in [0.15, 0.2) is 0 Å². The van der Waals surface area contributed by atoms with Crippen LogP contribution >= 0.6 is 0 Å². The Morgan fingerprint density at radius 2 is 2.09 bits per heavy atom. The topological polar surface area (TPSA) is 98.2 Å². The van der Waals surface area contributed by atoms with Gasteiger partial charge in [-0.2, -0.15) is 0 Å². The molecule has 0 aromatic rings. The number of carbonyl (C=O) groups is 2. The maximum atomic E-state index is 10.8. The van der Waals surface area contributed by atoms with Gasteiger partial charge in [-0.05, 0) is 12.5 Å². The third-order valence-corrected chi connectivity index (χ3v) is 1.20. The molecule has 3 amide bonds. The lowest BCUT2D eigenvalue weighted by atomic mass is 10.1. The molecule has 0 radical (unpaired) electrons. The molecule has 0 bridgehead atoms. The first-order chi connectivity index (χ1) is 5.06. The summed E-state index contributed by atoms with van der Waals surface area (Å²) in [6.45, 7) is 2.24. The Balaban J connectivity index is 3.60. The summed E-state index contributed by atoms with van der Waals surface area (Å²) in [5.41, 5.74) is 9.96. The lowest BCUT2D eigenvalue weighted by molar-refractivity contribution is -0.120. The number of carbonyl (C=O) groups excluding carboxylic acids is 2. The second kappa shape index (κ2) is 4.68. The summed E-state index contributed by atoms with van der Waals surface area (Å²) in [4.78, 5) is 20.9. The summed E-state index contributed by atoms with van der Waals surface area (Å²) < 4.78 is 0. The van der Waals surface area contributed by atoms with Gasteiger partial charge in [-0.15, -0.1) is 0 Å². The first-order valence-corrected chi connectivity index (χ1v) is 3.35. The van der Waals surface area contributed by atoms with Gasteiger partial charge in [-0.25, -0.2) is 4.79 Å². The van der Waals surface area contributed by atoms with Crippen LogP contribution in [0.3, 0.4) is 0 Å². The average molecular weight is 159 g/mol. The van der Waals surface area contributed by atoms with E-state index in [9.17, 15) is 9.59 Å². The fourth-order valence-corrected chi connectivity index (χ4v) is 0.588. The van der Waals surface area contributed by atoms with Crippen molar-refractivity contribution >= 4 is 11.9 Å². The van der Waals surface area contributed by atoms with Crippen LogP contribution in [0, 0.1) is 5.92 Å². The second-order valence-electron chi connectivity index (χ2n) is 2.46. The Kier molecular flexibility index (Phi) is 4.21. The Hall–Kier alpha value is -1.10. The van der Waals surface area contributed by atoms with Crippen molar-refractivity contribution in [1.29, 1.82) is 0 Å². The lowest BCUT2D eigenvalue weighted by Crippen LogP contribution is -2.36. The normalized spacial score (nSPS) is 12.2. The molecule has 0 fully saturated rings. The molecule has 11 heavy (non-hydrogen) atoms. The quantitative estimate of drug-likeness (QED) is 0.501. The maximum absolute atomic E-state index is 10.8. The van der Waals surface area contributed by atoms with Gasteiger partial charge in [0.25, 0.3) is 0 Å². The van der Waals surface area contributed by atoms with E-state index >= 15 is 0 Å². The van der Waals surface area contributed by atoms with Gasteiger partial charge in [0, 0.05) is 6.42 Å². The van der Waals surface area contributed by atoms with E-state index < -0.39 is 6.03 Å². The molecule has 1 unspecified atom stereocenters. The highest BCUT2D eigenvalue weighted by atomic mass is 16.2. The predicted molar refractivity (Wildman–Crippen MR) is 40.6 cm³/mol. The number of primary amides is 1. The van der Waals surface area contributed by atoms with E-state index in [2.05, 4.69) is 0 Å². The zero-order valence-corrected chi connectivity index (χ0v) is 6.46. The van der Waals surface area contributed by atoms with Crippen molar-refractivity contribution in [1.82, 2.24) is 5.32 Å². The number of nitrogens with two attached hydrogens (primary N) is 2. The average Bonchev–Trinajstić information content (AvgIpc) is 1.85. The Labute approximate surface area is 65.1 Å². The van der Waals surface area contributed by atoms with Crippen LogP contribution < -0.4 is 16.8 Å². The molecule has 0 aromatic heterocycles. The standard InChI is InChI=1S/C6H13N3O2/c1-4(3-7)2-5(10)9-6(8)11/h4H,2-3,7H2,1H3,(H3,8,9,10,11). The van der Waals surface area contributed by atoms with Crippen LogP contribution in [0.4, 0.5) is 4.79 Å². The fourth-order valence-electron chi connectivity index (χ4n) is 0.588. The van der Waals surface area contributed by atoms with Crippen molar-refractivity contribution in [2.24, 2.45) is 17.4 Å².